The van der Waals surface area contributed by atoms with Gasteiger partial charge in [-0.2, -0.15) is 12.7 Å². The minimum atomic E-state index is -4.38. The smallest absolute Gasteiger partial charge is 0.422 e. The standard InChI is InChI=1S/C29H34Cl2N4O7S/c1-6-41-26(37)18-9-7-10-19(15-18)29(13-8-14-35(17-29)43(39,40)33-27(38)42-28(2,3)4)32-25(36)23-16-20-22(34(23)5)12-11-21(30)24(20)31/h7,9-12,15-16H,6,8,13-14,17H2,1-5H3,(H,32,36)(H,33,38). The van der Waals surface area contributed by atoms with E-state index in [-0.39, 0.29) is 31.0 Å². The first-order valence-corrected chi connectivity index (χ1v) is 15.8. The van der Waals surface area contributed by atoms with Crippen LogP contribution in [0.4, 0.5) is 4.79 Å². The summed E-state index contributed by atoms with van der Waals surface area (Å²) in [7, 11) is -2.67. The zero-order valence-corrected chi connectivity index (χ0v) is 26.8. The second-order valence-electron chi connectivity index (χ2n) is 11.3. The first kappa shape index (κ1) is 32.6. The number of fused-ring (bicyclic) bond motifs is 1. The van der Waals surface area contributed by atoms with E-state index in [1.54, 1.807) is 81.8 Å². The SMILES string of the molecule is CCOC(=O)c1cccc(C2(NC(=O)c3cc4c(Cl)c(Cl)ccc4n3C)CCCN(S(=O)(=O)NC(=O)OC(C)(C)C)C2)c1. The average Bonchev–Trinajstić information content (AvgIpc) is 3.26. The van der Waals surface area contributed by atoms with E-state index in [9.17, 15) is 22.8 Å². The number of benzene rings is 2. The monoisotopic (exact) mass is 652 g/mol. The second-order valence-corrected chi connectivity index (χ2v) is 13.7. The Hall–Kier alpha value is -3.32. The molecule has 1 saturated heterocycles. The fourth-order valence-corrected chi connectivity index (χ4v) is 6.63. The van der Waals surface area contributed by atoms with E-state index in [0.717, 1.165) is 4.31 Å². The average molecular weight is 654 g/mol. The summed E-state index contributed by atoms with van der Waals surface area (Å²) in [5.74, 6) is -1.07. The van der Waals surface area contributed by atoms with Crippen LogP contribution < -0.4 is 10.0 Å². The molecule has 4 rings (SSSR count). The van der Waals surface area contributed by atoms with Crippen molar-refractivity contribution in [3.63, 3.8) is 0 Å². The number of nitrogens with one attached hydrogen (secondary N) is 2. The number of aryl methyl sites for hydroxylation is 1. The Morgan fingerprint density at radius 2 is 1.81 bits per heavy atom. The van der Waals surface area contributed by atoms with Gasteiger partial charge in [-0.1, -0.05) is 35.3 Å². The Kier molecular flexibility index (Phi) is 9.36. The summed E-state index contributed by atoms with van der Waals surface area (Å²) in [6, 6.07) is 11.5. The number of nitrogens with zero attached hydrogens (tertiary/aromatic N) is 2. The van der Waals surface area contributed by atoms with Crippen molar-refractivity contribution in [3.05, 3.63) is 69.3 Å². The minimum Gasteiger partial charge on any atom is -0.462 e. The Morgan fingerprint density at radius 3 is 2.49 bits per heavy atom. The maximum absolute atomic E-state index is 13.9. The number of rotatable bonds is 7. The number of amides is 2. The predicted molar refractivity (Wildman–Crippen MR) is 164 cm³/mol. The Balaban J connectivity index is 1.75. The van der Waals surface area contributed by atoms with Crippen LogP contribution in [0.25, 0.3) is 10.9 Å². The van der Waals surface area contributed by atoms with Crippen molar-refractivity contribution in [1.29, 1.82) is 0 Å². The van der Waals surface area contributed by atoms with Gasteiger partial charge in [0.1, 0.15) is 11.3 Å². The van der Waals surface area contributed by atoms with Crippen LogP contribution in [0.1, 0.15) is 66.9 Å². The van der Waals surface area contributed by atoms with E-state index < -0.39 is 39.3 Å². The molecule has 14 heteroatoms. The summed E-state index contributed by atoms with van der Waals surface area (Å²) >= 11 is 12.6. The highest BCUT2D eigenvalue weighted by molar-refractivity contribution is 7.87. The molecule has 0 aliphatic carbocycles. The van der Waals surface area contributed by atoms with Gasteiger partial charge in [-0.25, -0.2) is 14.3 Å². The molecule has 2 N–H and O–H groups in total. The summed E-state index contributed by atoms with van der Waals surface area (Å²) in [6.07, 6.45) is -0.460. The number of hydrogen-bond acceptors (Lipinski definition) is 7. The zero-order chi connectivity index (χ0) is 31.7. The number of aromatic nitrogens is 1. The van der Waals surface area contributed by atoms with Crippen molar-refractivity contribution in [2.45, 2.75) is 51.7 Å². The summed E-state index contributed by atoms with van der Waals surface area (Å²) < 4.78 is 41.7. The van der Waals surface area contributed by atoms with Crippen LogP contribution >= 0.6 is 23.2 Å². The first-order chi connectivity index (χ1) is 20.1. The van der Waals surface area contributed by atoms with E-state index in [2.05, 4.69) is 5.32 Å². The molecule has 1 atom stereocenters. The third kappa shape index (κ3) is 7.09. The second kappa shape index (κ2) is 12.4. The van der Waals surface area contributed by atoms with Gasteiger partial charge in [0, 0.05) is 31.0 Å². The van der Waals surface area contributed by atoms with Gasteiger partial charge in [-0.15, -0.1) is 0 Å². The zero-order valence-electron chi connectivity index (χ0n) is 24.5. The van der Waals surface area contributed by atoms with Gasteiger partial charge in [-0.05, 0) is 76.4 Å². The van der Waals surface area contributed by atoms with Gasteiger partial charge in [0.15, 0.2) is 0 Å². The van der Waals surface area contributed by atoms with E-state index in [0.29, 0.717) is 39.4 Å². The molecule has 3 aromatic rings. The van der Waals surface area contributed by atoms with E-state index >= 15 is 0 Å². The molecule has 1 aromatic heterocycles. The van der Waals surface area contributed by atoms with Gasteiger partial charge in [0.2, 0.25) is 0 Å². The molecule has 1 aliphatic rings. The lowest BCUT2D eigenvalue weighted by Crippen LogP contribution is -2.59. The number of carbonyl (C=O) groups excluding carboxylic acids is 3. The molecule has 0 radical (unpaired) electrons. The maximum atomic E-state index is 13.9. The fraction of sp³-hybridized carbons (Fsp3) is 0.414. The van der Waals surface area contributed by atoms with Crippen molar-refractivity contribution in [1.82, 2.24) is 18.9 Å². The van der Waals surface area contributed by atoms with Gasteiger partial charge in [0.05, 0.1) is 27.8 Å². The lowest BCUT2D eigenvalue weighted by molar-refractivity contribution is 0.0522. The molecule has 0 saturated carbocycles. The number of halogens is 2. The molecule has 2 amide bonds. The van der Waals surface area contributed by atoms with Gasteiger partial charge in [-0.3, -0.25) is 4.79 Å². The summed E-state index contributed by atoms with van der Waals surface area (Å²) in [5.41, 5.74) is -0.551. The van der Waals surface area contributed by atoms with Crippen molar-refractivity contribution in [2.75, 3.05) is 19.7 Å². The molecule has 232 valence electrons. The Bertz CT molecular complexity index is 1680. The molecular weight excluding hydrogens is 619 g/mol. The summed E-state index contributed by atoms with van der Waals surface area (Å²) in [5, 5.41) is 4.27. The van der Waals surface area contributed by atoms with Crippen LogP contribution in [-0.4, -0.2) is 60.6 Å². The highest BCUT2D eigenvalue weighted by Gasteiger charge is 2.43. The number of ether oxygens (including phenoxy) is 2. The highest BCUT2D eigenvalue weighted by Crippen LogP contribution is 2.36. The topological polar surface area (TPSA) is 136 Å². The van der Waals surface area contributed by atoms with Gasteiger partial charge in [0.25, 0.3) is 5.91 Å². The number of esters is 1. The number of hydrogen-bond donors (Lipinski definition) is 2. The lowest BCUT2D eigenvalue weighted by atomic mass is 9.82. The van der Waals surface area contributed by atoms with E-state index in [4.69, 9.17) is 32.7 Å². The van der Waals surface area contributed by atoms with Gasteiger partial charge >= 0.3 is 22.3 Å². The van der Waals surface area contributed by atoms with E-state index in [1.165, 1.54) is 0 Å². The molecule has 0 bridgehead atoms. The molecule has 1 unspecified atom stereocenters. The van der Waals surface area contributed by atoms with Crippen LogP contribution in [-0.2, 0) is 32.3 Å². The molecule has 0 spiro atoms. The van der Waals surface area contributed by atoms with Crippen LogP contribution in [0.5, 0.6) is 0 Å². The highest BCUT2D eigenvalue weighted by atomic mass is 35.5. The quantitative estimate of drug-likeness (QED) is 0.337. The molecular formula is C29H34Cl2N4O7S. The summed E-state index contributed by atoms with van der Waals surface area (Å²) in [6.45, 7) is 6.55. The summed E-state index contributed by atoms with van der Waals surface area (Å²) in [4.78, 5) is 38.9. The molecule has 11 nitrogen and oxygen atoms in total. The van der Waals surface area contributed by atoms with Gasteiger partial charge < -0.3 is 19.4 Å². The largest absolute Gasteiger partial charge is 0.462 e. The Labute approximate surface area is 260 Å². The van der Waals surface area contributed by atoms with Crippen molar-refractivity contribution < 1.29 is 32.3 Å². The number of carbonyl (C=O) groups is 3. The molecule has 2 heterocycles. The third-order valence-electron chi connectivity index (χ3n) is 7.03. The third-order valence-corrected chi connectivity index (χ3v) is 9.27. The maximum Gasteiger partial charge on any atom is 0.422 e. The molecule has 1 fully saturated rings. The van der Waals surface area contributed by atoms with Crippen molar-refractivity contribution in [2.24, 2.45) is 7.05 Å². The lowest BCUT2D eigenvalue weighted by Gasteiger charge is -2.43. The minimum absolute atomic E-state index is 0.0788. The van der Waals surface area contributed by atoms with Crippen LogP contribution in [0.15, 0.2) is 42.5 Å². The number of piperidine rings is 1. The van der Waals surface area contributed by atoms with Crippen molar-refractivity contribution in [3.8, 4) is 0 Å². The predicted octanol–water partition coefficient (Wildman–Crippen LogP) is 5.15. The molecule has 1 aliphatic heterocycles. The van der Waals surface area contributed by atoms with Crippen LogP contribution in [0.2, 0.25) is 10.0 Å². The van der Waals surface area contributed by atoms with Crippen molar-refractivity contribution >= 4 is 62.3 Å². The molecule has 2 aromatic carbocycles. The van der Waals surface area contributed by atoms with E-state index in [1.807, 2.05) is 4.72 Å². The molecule has 43 heavy (non-hydrogen) atoms. The normalized spacial score (nSPS) is 17.8. The van der Waals surface area contributed by atoms with Crippen LogP contribution in [0.3, 0.4) is 0 Å². The first-order valence-electron chi connectivity index (χ1n) is 13.6. The fourth-order valence-electron chi connectivity index (χ4n) is 5.11. The van der Waals surface area contributed by atoms with Crippen LogP contribution in [0, 0.1) is 0 Å². The Morgan fingerprint density at radius 1 is 1.09 bits per heavy atom.